The van der Waals surface area contributed by atoms with E-state index in [1.807, 2.05) is 6.07 Å². The van der Waals surface area contributed by atoms with Gasteiger partial charge in [-0.3, -0.25) is 4.79 Å². The number of hydrogen-bond donors (Lipinski definition) is 1. The second-order valence-corrected chi connectivity index (χ2v) is 3.92. The first kappa shape index (κ1) is 15.7. The average molecular weight is 276 g/mol. The number of ether oxygens (including phenoxy) is 2. The lowest BCUT2D eigenvalue weighted by atomic mass is 10.2. The van der Waals surface area contributed by atoms with Crippen LogP contribution in [0.2, 0.25) is 0 Å². The molecule has 1 rings (SSSR count). The zero-order valence-corrected chi connectivity index (χ0v) is 11.4. The molecule has 0 fully saturated rings. The van der Waals surface area contributed by atoms with E-state index in [0.717, 1.165) is 0 Å². The molecule has 0 spiro atoms. The molecular weight excluding hydrogens is 260 g/mol. The second-order valence-electron chi connectivity index (χ2n) is 3.92. The van der Waals surface area contributed by atoms with Crippen LogP contribution < -0.4 is 5.32 Å². The quantitative estimate of drug-likeness (QED) is 0.795. The Balaban J connectivity index is 2.58. The molecule has 0 bridgehead atoms. The molecule has 6 nitrogen and oxygen atoms in total. The maximum atomic E-state index is 11.9. The molecule has 0 radical (unpaired) electrons. The van der Waals surface area contributed by atoms with Gasteiger partial charge in [0, 0.05) is 6.61 Å². The summed E-state index contributed by atoms with van der Waals surface area (Å²) in [6, 6.07) is 8.54. The maximum Gasteiger partial charge on any atom is 0.332 e. The fourth-order valence-corrected chi connectivity index (χ4v) is 1.39. The van der Waals surface area contributed by atoms with Crippen molar-refractivity contribution in [3.63, 3.8) is 0 Å². The SMILES string of the molecule is CCOCC(=O)O[C@@H](C)C(=O)Nc1ccccc1C#N. The van der Waals surface area contributed by atoms with E-state index in [2.05, 4.69) is 5.32 Å². The van der Waals surface area contributed by atoms with E-state index in [0.29, 0.717) is 17.9 Å². The van der Waals surface area contributed by atoms with Crippen molar-refractivity contribution in [1.29, 1.82) is 5.26 Å². The van der Waals surface area contributed by atoms with Gasteiger partial charge in [0.25, 0.3) is 5.91 Å². The van der Waals surface area contributed by atoms with Gasteiger partial charge in [0.05, 0.1) is 11.3 Å². The number of rotatable bonds is 6. The summed E-state index contributed by atoms with van der Waals surface area (Å²) in [6.07, 6.45) is -0.963. The lowest BCUT2D eigenvalue weighted by Gasteiger charge is -2.14. The summed E-state index contributed by atoms with van der Waals surface area (Å²) in [5.74, 6) is -1.11. The van der Waals surface area contributed by atoms with Crippen molar-refractivity contribution in [3.05, 3.63) is 29.8 Å². The lowest BCUT2D eigenvalue weighted by molar-refractivity contribution is -0.157. The van der Waals surface area contributed by atoms with Gasteiger partial charge in [0.1, 0.15) is 12.7 Å². The zero-order valence-electron chi connectivity index (χ0n) is 11.4. The smallest absolute Gasteiger partial charge is 0.332 e. The molecule has 0 unspecified atom stereocenters. The summed E-state index contributed by atoms with van der Waals surface area (Å²) in [5, 5.41) is 11.5. The predicted octanol–water partition coefficient (Wildman–Crippen LogP) is 1.46. The van der Waals surface area contributed by atoms with Crippen molar-refractivity contribution in [3.8, 4) is 6.07 Å². The van der Waals surface area contributed by atoms with Crippen LogP contribution in [0.25, 0.3) is 0 Å². The van der Waals surface area contributed by atoms with Crippen LogP contribution >= 0.6 is 0 Å². The highest BCUT2D eigenvalue weighted by Crippen LogP contribution is 2.14. The van der Waals surface area contributed by atoms with Gasteiger partial charge in [-0.2, -0.15) is 5.26 Å². The summed E-state index contributed by atoms with van der Waals surface area (Å²) in [6.45, 7) is 3.41. The van der Waals surface area contributed by atoms with Crippen molar-refractivity contribution in [2.24, 2.45) is 0 Å². The van der Waals surface area contributed by atoms with E-state index in [4.69, 9.17) is 14.7 Å². The number of nitrogens with zero attached hydrogens (tertiary/aromatic N) is 1. The first-order chi connectivity index (χ1) is 9.58. The van der Waals surface area contributed by atoms with Crippen LogP contribution in [-0.2, 0) is 19.1 Å². The van der Waals surface area contributed by atoms with Gasteiger partial charge in [-0.25, -0.2) is 4.79 Å². The molecule has 1 amide bonds. The van der Waals surface area contributed by atoms with E-state index in [9.17, 15) is 9.59 Å². The Labute approximate surface area is 117 Å². The number of amides is 1. The van der Waals surface area contributed by atoms with Crippen molar-refractivity contribution in [1.82, 2.24) is 0 Å². The van der Waals surface area contributed by atoms with Crippen LogP contribution in [0.4, 0.5) is 5.69 Å². The third-order valence-electron chi connectivity index (χ3n) is 2.41. The minimum absolute atomic E-state index is 0.192. The molecule has 0 aliphatic rings. The van der Waals surface area contributed by atoms with Gasteiger partial charge in [-0.15, -0.1) is 0 Å². The molecular formula is C14H16N2O4. The molecule has 1 aromatic carbocycles. The van der Waals surface area contributed by atoms with Crippen LogP contribution in [-0.4, -0.2) is 31.2 Å². The van der Waals surface area contributed by atoms with Gasteiger partial charge >= 0.3 is 5.97 Å². The highest BCUT2D eigenvalue weighted by Gasteiger charge is 2.18. The molecule has 0 aliphatic carbocycles. The number of carbonyl (C=O) groups excluding carboxylic acids is 2. The Morgan fingerprint density at radius 2 is 2.10 bits per heavy atom. The monoisotopic (exact) mass is 276 g/mol. The molecule has 1 N–H and O–H groups in total. The fourth-order valence-electron chi connectivity index (χ4n) is 1.39. The van der Waals surface area contributed by atoms with Crippen molar-refractivity contribution in [2.75, 3.05) is 18.5 Å². The standard InChI is InChI=1S/C14H16N2O4/c1-3-19-9-13(17)20-10(2)14(18)16-12-7-5-4-6-11(12)8-15/h4-7,10H,3,9H2,1-2H3,(H,16,18)/t10-/m0/s1. The molecule has 0 heterocycles. The topological polar surface area (TPSA) is 88.4 Å². The molecule has 1 atom stereocenters. The Morgan fingerprint density at radius 3 is 2.75 bits per heavy atom. The molecule has 6 heteroatoms. The van der Waals surface area contributed by atoms with Gasteiger partial charge in [0.15, 0.2) is 6.10 Å². The number of esters is 1. The number of anilines is 1. The van der Waals surface area contributed by atoms with E-state index in [1.54, 1.807) is 31.2 Å². The van der Waals surface area contributed by atoms with Crippen molar-refractivity contribution in [2.45, 2.75) is 20.0 Å². The maximum absolute atomic E-state index is 11.9. The summed E-state index contributed by atoms with van der Waals surface area (Å²) in [5.41, 5.74) is 0.724. The van der Waals surface area contributed by atoms with Crippen LogP contribution in [0.3, 0.4) is 0 Å². The molecule has 0 saturated heterocycles. The summed E-state index contributed by atoms with van der Waals surface area (Å²) < 4.78 is 9.78. The number of para-hydroxylation sites is 1. The van der Waals surface area contributed by atoms with Gasteiger partial charge in [-0.05, 0) is 26.0 Å². The second kappa shape index (κ2) is 7.92. The summed E-state index contributed by atoms with van der Waals surface area (Å²) in [4.78, 5) is 23.2. The third kappa shape index (κ3) is 4.71. The van der Waals surface area contributed by atoms with E-state index in [1.165, 1.54) is 6.92 Å². The van der Waals surface area contributed by atoms with Gasteiger partial charge < -0.3 is 14.8 Å². The molecule has 0 saturated carbocycles. The first-order valence-electron chi connectivity index (χ1n) is 6.15. The summed E-state index contributed by atoms with van der Waals surface area (Å²) >= 11 is 0. The predicted molar refractivity (Wildman–Crippen MR) is 71.8 cm³/mol. The third-order valence-corrected chi connectivity index (χ3v) is 2.41. The number of benzene rings is 1. The van der Waals surface area contributed by atoms with Gasteiger partial charge in [-0.1, -0.05) is 12.1 Å². The van der Waals surface area contributed by atoms with Gasteiger partial charge in [0.2, 0.25) is 0 Å². The van der Waals surface area contributed by atoms with Crippen LogP contribution in [0, 0.1) is 11.3 Å². The molecule has 0 aromatic heterocycles. The molecule has 106 valence electrons. The zero-order chi connectivity index (χ0) is 15.0. The van der Waals surface area contributed by atoms with Crippen molar-refractivity contribution >= 4 is 17.6 Å². The largest absolute Gasteiger partial charge is 0.451 e. The van der Waals surface area contributed by atoms with Crippen LogP contribution in [0.1, 0.15) is 19.4 Å². The van der Waals surface area contributed by atoms with Crippen molar-refractivity contribution < 1.29 is 19.1 Å². The normalized spacial score (nSPS) is 11.2. The van der Waals surface area contributed by atoms with E-state index >= 15 is 0 Å². The van der Waals surface area contributed by atoms with E-state index in [-0.39, 0.29) is 6.61 Å². The lowest BCUT2D eigenvalue weighted by Crippen LogP contribution is -2.31. The Kier molecular flexibility index (Phi) is 6.20. The minimum Gasteiger partial charge on any atom is -0.451 e. The first-order valence-corrected chi connectivity index (χ1v) is 6.15. The Bertz CT molecular complexity index is 522. The number of nitrogens with one attached hydrogen (secondary N) is 1. The van der Waals surface area contributed by atoms with Crippen LogP contribution in [0.15, 0.2) is 24.3 Å². The molecule has 1 aromatic rings. The Hall–Kier alpha value is -2.39. The van der Waals surface area contributed by atoms with Crippen LogP contribution in [0.5, 0.6) is 0 Å². The summed E-state index contributed by atoms with van der Waals surface area (Å²) in [7, 11) is 0. The average Bonchev–Trinajstić information content (AvgIpc) is 2.45. The number of hydrogen-bond acceptors (Lipinski definition) is 5. The number of nitriles is 1. The highest BCUT2D eigenvalue weighted by atomic mass is 16.6. The number of carbonyl (C=O) groups is 2. The van der Waals surface area contributed by atoms with E-state index < -0.39 is 18.0 Å². The molecule has 0 aliphatic heterocycles. The highest BCUT2D eigenvalue weighted by molar-refractivity contribution is 5.96. The molecule has 20 heavy (non-hydrogen) atoms. The fraction of sp³-hybridized carbons (Fsp3) is 0.357. The minimum atomic E-state index is -0.963. The Morgan fingerprint density at radius 1 is 1.40 bits per heavy atom.